The fraction of sp³-hybridized carbons (Fsp3) is 0.185. The summed E-state index contributed by atoms with van der Waals surface area (Å²) in [6, 6.07) is 18.0. The maximum absolute atomic E-state index is 13.0. The van der Waals surface area contributed by atoms with E-state index in [9.17, 15) is 19.2 Å². The molecule has 8 nitrogen and oxygen atoms in total. The summed E-state index contributed by atoms with van der Waals surface area (Å²) in [4.78, 5) is 52.0. The van der Waals surface area contributed by atoms with Gasteiger partial charge < -0.3 is 15.4 Å². The third-order valence-electron chi connectivity index (χ3n) is 5.87. The highest BCUT2D eigenvalue weighted by Gasteiger charge is 2.37. The van der Waals surface area contributed by atoms with Crippen molar-refractivity contribution in [3.63, 3.8) is 0 Å². The van der Waals surface area contributed by atoms with E-state index in [2.05, 4.69) is 10.6 Å². The summed E-state index contributed by atoms with van der Waals surface area (Å²) in [5, 5.41) is 5.68. The Morgan fingerprint density at radius 2 is 1.51 bits per heavy atom. The lowest BCUT2D eigenvalue weighted by Crippen LogP contribution is -2.29. The zero-order valence-electron chi connectivity index (χ0n) is 19.0. The topological polar surface area (TPSA) is 105 Å². The van der Waals surface area contributed by atoms with E-state index < -0.39 is 17.7 Å². The molecule has 35 heavy (non-hydrogen) atoms. The molecule has 1 fully saturated rings. The van der Waals surface area contributed by atoms with Crippen LogP contribution in [0.2, 0.25) is 0 Å². The van der Waals surface area contributed by atoms with Crippen molar-refractivity contribution in [3.8, 4) is 5.75 Å². The van der Waals surface area contributed by atoms with Crippen LogP contribution in [-0.4, -0.2) is 36.3 Å². The summed E-state index contributed by atoms with van der Waals surface area (Å²) in [5.41, 5.74) is 2.11. The van der Waals surface area contributed by atoms with Crippen molar-refractivity contribution >= 4 is 35.0 Å². The first-order valence-corrected chi connectivity index (χ1v) is 11.4. The van der Waals surface area contributed by atoms with Gasteiger partial charge in [-0.05, 0) is 86.5 Å². The van der Waals surface area contributed by atoms with E-state index in [1.807, 2.05) is 6.92 Å². The molecule has 8 heteroatoms. The van der Waals surface area contributed by atoms with Crippen LogP contribution in [0.25, 0.3) is 0 Å². The van der Waals surface area contributed by atoms with Gasteiger partial charge in [0.1, 0.15) is 5.75 Å². The van der Waals surface area contributed by atoms with Gasteiger partial charge in [-0.1, -0.05) is 0 Å². The Labute approximate surface area is 201 Å². The maximum atomic E-state index is 13.0. The van der Waals surface area contributed by atoms with Gasteiger partial charge >= 0.3 is 0 Å². The van der Waals surface area contributed by atoms with E-state index in [-0.39, 0.29) is 28.6 Å². The van der Waals surface area contributed by atoms with Crippen molar-refractivity contribution in [2.45, 2.75) is 25.8 Å². The van der Waals surface area contributed by atoms with E-state index in [1.54, 1.807) is 48.5 Å². The van der Waals surface area contributed by atoms with Crippen molar-refractivity contribution in [2.75, 3.05) is 16.8 Å². The van der Waals surface area contributed by atoms with Crippen molar-refractivity contribution in [1.29, 1.82) is 0 Å². The lowest BCUT2D eigenvalue weighted by Gasteiger charge is -2.14. The van der Waals surface area contributed by atoms with Crippen LogP contribution >= 0.6 is 0 Å². The molecule has 3 aromatic rings. The van der Waals surface area contributed by atoms with Crippen molar-refractivity contribution in [1.82, 2.24) is 5.32 Å². The molecule has 0 unspecified atom stereocenters. The van der Waals surface area contributed by atoms with Crippen LogP contribution in [0.15, 0.2) is 66.7 Å². The molecule has 1 aliphatic carbocycles. The number of anilines is 2. The van der Waals surface area contributed by atoms with Crippen LogP contribution in [0.1, 0.15) is 61.2 Å². The fourth-order valence-corrected chi connectivity index (χ4v) is 3.88. The van der Waals surface area contributed by atoms with E-state index >= 15 is 0 Å². The normalized spacial score (nSPS) is 14.5. The second kappa shape index (κ2) is 9.06. The molecule has 0 bridgehead atoms. The summed E-state index contributed by atoms with van der Waals surface area (Å²) >= 11 is 0. The highest BCUT2D eigenvalue weighted by atomic mass is 16.5. The molecule has 4 amide bonds. The zero-order chi connectivity index (χ0) is 24.5. The van der Waals surface area contributed by atoms with Gasteiger partial charge in [-0.25, -0.2) is 4.90 Å². The number of ether oxygens (including phenoxy) is 1. The zero-order valence-corrected chi connectivity index (χ0v) is 19.0. The van der Waals surface area contributed by atoms with Gasteiger partial charge in [-0.3, -0.25) is 19.2 Å². The van der Waals surface area contributed by atoms with Crippen LogP contribution < -0.4 is 20.3 Å². The summed E-state index contributed by atoms with van der Waals surface area (Å²) in [6.07, 6.45) is 2.01. The van der Waals surface area contributed by atoms with Gasteiger partial charge in [-0.15, -0.1) is 0 Å². The molecule has 0 aromatic heterocycles. The van der Waals surface area contributed by atoms with Crippen LogP contribution in [0, 0.1) is 0 Å². The number of carbonyl (C=O) groups excluding carboxylic acids is 4. The lowest BCUT2D eigenvalue weighted by atomic mass is 10.1. The third-order valence-corrected chi connectivity index (χ3v) is 5.87. The van der Waals surface area contributed by atoms with E-state index in [1.165, 1.54) is 18.2 Å². The average molecular weight is 469 g/mol. The van der Waals surface area contributed by atoms with Gasteiger partial charge in [0.2, 0.25) is 0 Å². The predicted octanol–water partition coefficient (Wildman–Crippen LogP) is 4.03. The Bertz CT molecular complexity index is 1330. The van der Waals surface area contributed by atoms with Gasteiger partial charge in [0, 0.05) is 22.9 Å². The van der Waals surface area contributed by atoms with E-state index in [4.69, 9.17) is 4.74 Å². The molecule has 2 N–H and O–H groups in total. The van der Waals surface area contributed by atoms with Crippen LogP contribution in [0.5, 0.6) is 5.75 Å². The third kappa shape index (κ3) is 4.50. The molecule has 1 aliphatic heterocycles. The number of imide groups is 1. The maximum Gasteiger partial charge on any atom is 0.266 e. The Morgan fingerprint density at radius 1 is 0.857 bits per heavy atom. The van der Waals surface area contributed by atoms with Gasteiger partial charge in [0.15, 0.2) is 0 Å². The number of hydrogen-bond donors (Lipinski definition) is 2. The highest BCUT2D eigenvalue weighted by Crippen LogP contribution is 2.30. The van der Waals surface area contributed by atoms with Crippen molar-refractivity contribution in [3.05, 3.63) is 89.0 Å². The van der Waals surface area contributed by atoms with Crippen molar-refractivity contribution < 1.29 is 23.9 Å². The Kier molecular flexibility index (Phi) is 5.78. The summed E-state index contributed by atoms with van der Waals surface area (Å²) in [6.45, 7) is 2.38. The number of fused-ring (bicyclic) bond motifs is 1. The number of nitrogens with zero attached hydrogens (tertiary/aromatic N) is 1. The van der Waals surface area contributed by atoms with Gasteiger partial charge in [0.05, 0.1) is 23.4 Å². The smallest absolute Gasteiger partial charge is 0.266 e. The van der Waals surface area contributed by atoms with Crippen LogP contribution in [0.4, 0.5) is 11.4 Å². The highest BCUT2D eigenvalue weighted by molar-refractivity contribution is 6.34. The Hall–Kier alpha value is -4.46. The lowest BCUT2D eigenvalue weighted by molar-refractivity contribution is 0.0921. The molecule has 0 atom stereocenters. The first-order valence-electron chi connectivity index (χ1n) is 11.4. The molecule has 0 spiro atoms. The summed E-state index contributed by atoms with van der Waals surface area (Å²) in [7, 11) is 0. The quantitative estimate of drug-likeness (QED) is 0.509. The molecule has 0 saturated heterocycles. The standard InChI is InChI=1S/C27H23N3O5/c1-2-35-21-12-10-20(11-13-21)30-26(33)22-14-5-17(15-23(22)27(30)34)25(32)29-18-6-3-16(4-7-18)24(31)28-19-8-9-19/h3-7,10-15,19H,2,8-9H2,1H3,(H,28,31)(H,29,32). The molecular weight excluding hydrogens is 446 g/mol. The largest absolute Gasteiger partial charge is 0.494 e. The SMILES string of the molecule is CCOc1ccc(N2C(=O)c3ccc(C(=O)Nc4ccc(C(=O)NC5CC5)cc4)cc3C2=O)cc1. The molecule has 176 valence electrons. The number of carbonyl (C=O) groups is 4. The molecule has 1 heterocycles. The average Bonchev–Trinajstić information content (AvgIpc) is 3.65. The number of hydrogen-bond acceptors (Lipinski definition) is 5. The monoisotopic (exact) mass is 469 g/mol. The van der Waals surface area contributed by atoms with E-state index in [0.29, 0.717) is 29.3 Å². The molecule has 0 radical (unpaired) electrons. The molecule has 5 rings (SSSR count). The van der Waals surface area contributed by atoms with E-state index in [0.717, 1.165) is 17.7 Å². The number of benzene rings is 3. The van der Waals surface area contributed by atoms with Crippen molar-refractivity contribution in [2.24, 2.45) is 0 Å². The molecule has 3 aromatic carbocycles. The second-order valence-corrected chi connectivity index (χ2v) is 8.41. The minimum absolute atomic E-state index is 0.135. The first-order chi connectivity index (χ1) is 16.9. The Morgan fingerprint density at radius 3 is 2.17 bits per heavy atom. The molecular formula is C27H23N3O5. The van der Waals surface area contributed by atoms with Crippen LogP contribution in [-0.2, 0) is 0 Å². The van der Waals surface area contributed by atoms with Gasteiger partial charge in [-0.2, -0.15) is 0 Å². The molecule has 1 saturated carbocycles. The van der Waals surface area contributed by atoms with Crippen LogP contribution in [0.3, 0.4) is 0 Å². The van der Waals surface area contributed by atoms with Gasteiger partial charge in [0.25, 0.3) is 23.6 Å². The number of rotatable bonds is 7. The predicted molar refractivity (Wildman–Crippen MR) is 130 cm³/mol. The second-order valence-electron chi connectivity index (χ2n) is 8.41. The minimum atomic E-state index is -0.491. The summed E-state index contributed by atoms with van der Waals surface area (Å²) in [5.74, 6) is -0.855. The fourth-order valence-electron chi connectivity index (χ4n) is 3.88. The number of nitrogens with one attached hydrogen (secondary N) is 2. The number of amides is 4. The Balaban J connectivity index is 1.30. The minimum Gasteiger partial charge on any atom is -0.494 e. The molecule has 2 aliphatic rings. The summed E-state index contributed by atoms with van der Waals surface area (Å²) < 4.78 is 5.41. The first kappa shape index (κ1) is 22.3.